The number of rotatable bonds is 6. The summed E-state index contributed by atoms with van der Waals surface area (Å²) >= 11 is 1.36. The van der Waals surface area contributed by atoms with Gasteiger partial charge >= 0.3 is 0 Å². The second-order valence-electron chi connectivity index (χ2n) is 6.08. The average molecular weight is 486 g/mol. The standard InChI is InChI=1S/C18H19N3O4S2.BrH/c1-11(2)25-17-8-7-14(27(19,23)24)9-15(17)20-18-21-16(10-26-18)12-3-5-13(22)6-4-12;/h3-11,22H,1-2H3,(H,20,21)(H2,19,23,24);1H. The zero-order valence-electron chi connectivity index (χ0n) is 15.1. The number of anilines is 2. The van der Waals surface area contributed by atoms with Crippen molar-refractivity contribution < 1.29 is 18.3 Å². The molecule has 1 aromatic heterocycles. The van der Waals surface area contributed by atoms with Gasteiger partial charge in [-0.15, -0.1) is 28.3 Å². The van der Waals surface area contributed by atoms with Crippen LogP contribution in [0.4, 0.5) is 10.8 Å². The van der Waals surface area contributed by atoms with Gasteiger partial charge in [-0.1, -0.05) is 0 Å². The van der Waals surface area contributed by atoms with Crippen LogP contribution in [0.15, 0.2) is 52.7 Å². The number of ether oxygens (including phenoxy) is 1. The molecule has 0 radical (unpaired) electrons. The summed E-state index contributed by atoms with van der Waals surface area (Å²) in [7, 11) is -3.84. The number of primary sulfonamides is 1. The quantitative estimate of drug-likeness (QED) is 0.480. The molecule has 3 aromatic rings. The summed E-state index contributed by atoms with van der Waals surface area (Å²) < 4.78 is 29.1. The van der Waals surface area contributed by atoms with Gasteiger partial charge in [0.1, 0.15) is 11.5 Å². The second-order valence-corrected chi connectivity index (χ2v) is 8.50. The van der Waals surface area contributed by atoms with Crippen LogP contribution in [0, 0.1) is 0 Å². The first-order valence-corrected chi connectivity index (χ1v) is 10.5. The van der Waals surface area contributed by atoms with Gasteiger partial charge in [0, 0.05) is 10.9 Å². The van der Waals surface area contributed by atoms with E-state index >= 15 is 0 Å². The summed E-state index contributed by atoms with van der Waals surface area (Å²) in [6, 6.07) is 11.1. The van der Waals surface area contributed by atoms with Crippen LogP contribution in [0.2, 0.25) is 0 Å². The lowest BCUT2D eigenvalue weighted by Crippen LogP contribution is -2.13. The van der Waals surface area contributed by atoms with Crippen molar-refractivity contribution in [1.82, 2.24) is 4.98 Å². The Labute approximate surface area is 178 Å². The Hall–Kier alpha value is -2.14. The van der Waals surface area contributed by atoms with Crippen molar-refractivity contribution in [3.05, 3.63) is 47.8 Å². The molecule has 10 heteroatoms. The lowest BCUT2D eigenvalue weighted by atomic mass is 10.2. The third kappa shape index (κ3) is 5.44. The maximum Gasteiger partial charge on any atom is 0.238 e. The van der Waals surface area contributed by atoms with E-state index in [1.54, 1.807) is 30.3 Å². The predicted octanol–water partition coefficient (Wildman–Crippen LogP) is 4.27. The lowest BCUT2D eigenvalue weighted by molar-refractivity contribution is 0.243. The van der Waals surface area contributed by atoms with Gasteiger partial charge in [0.2, 0.25) is 10.0 Å². The molecule has 0 saturated carbocycles. The highest BCUT2D eigenvalue weighted by molar-refractivity contribution is 8.93. The first-order valence-electron chi connectivity index (χ1n) is 8.08. The molecule has 0 amide bonds. The van der Waals surface area contributed by atoms with E-state index in [2.05, 4.69) is 10.3 Å². The summed E-state index contributed by atoms with van der Waals surface area (Å²) in [5, 5.41) is 20.2. The second kappa shape index (κ2) is 8.91. The van der Waals surface area contributed by atoms with Crippen molar-refractivity contribution in [2.45, 2.75) is 24.8 Å². The number of nitrogens with one attached hydrogen (secondary N) is 1. The number of hydrogen-bond donors (Lipinski definition) is 3. The minimum Gasteiger partial charge on any atom is -0.508 e. The van der Waals surface area contributed by atoms with Gasteiger partial charge in [-0.3, -0.25) is 0 Å². The number of thiazole rings is 1. The van der Waals surface area contributed by atoms with Crippen LogP contribution < -0.4 is 15.2 Å². The number of benzene rings is 2. The Balaban J connectivity index is 0.00000280. The fourth-order valence-corrected chi connectivity index (χ4v) is 3.62. The monoisotopic (exact) mass is 485 g/mol. The molecule has 0 saturated heterocycles. The molecule has 28 heavy (non-hydrogen) atoms. The first kappa shape index (κ1) is 22.2. The van der Waals surface area contributed by atoms with Crippen LogP contribution in [-0.4, -0.2) is 24.6 Å². The highest BCUT2D eigenvalue weighted by Gasteiger charge is 2.15. The number of nitrogens with zero attached hydrogens (tertiary/aromatic N) is 1. The topological polar surface area (TPSA) is 115 Å². The molecule has 0 spiro atoms. The Morgan fingerprint density at radius 2 is 1.86 bits per heavy atom. The fraction of sp³-hybridized carbons (Fsp3) is 0.167. The molecular formula is C18H20BrN3O4S2. The molecule has 3 rings (SSSR count). The average Bonchev–Trinajstić information content (AvgIpc) is 3.04. The van der Waals surface area contributed by atoms with E-state index in [1.807, 2.05) is 19.2 Å². The first-order chi connectivity index (χ1) is 12.7. The Bertz CT molecular complexity index is 1050. The lowest BCUT2D eigenvalue weighted by Gasteiger charge is -2.15. The number of nitrogens with two attached hydrogens (primary N) is 1. The number of hydrogen-bond acceptors (Lipinski definition) is 7. The molecular weight excluding hydrogens is 466 g/mol. The van der Waals surface area contributed by atoms with Crippen LogP contribution in [-0.2, 0) is 10.0 Å². The van der Waals surface area contributed by atoms with E-state index in [1.165, 1.54) is 23.5 Å². The summed E-state index contributed by atoms with van der Waals surface area (Å²) in [6.45, 7) is 3.76. The minimum absolute atomic E-state index is 0. The summed E-state index contributed by atoms with van der Waals surface area (Å²) in [6.07, 6.45) is -0.0882. The number of aromatic hydroxyl groups is 1. The SMILES string of the molecule is Br.CC(C)Oc1ccc(S(N)(=O)=O)cc1Nc1nc(-c2ccc(O)cc2)cs1. The number of sulfonamides is 1. The van der Waals surface area contributed by atoms with Crippen LogP contribution in [0.25, 0.3) is 11.3 Å². The summed E-state index contributed by atoms with van der Waals surface area (Å²) in [5.41, 5.74) is 2.05. The number of phenolic OH excluding ortho intramolecular Hbond substituents is 1. The zero-order chi connectivity index (χ0) is 19.6. The van der Waals surface area contributed by atoms with Crippen molar-refractivity contribution in [1.29, 1.82) is 0 Å². The number of halogens is 1. The highest BCUT2D eigenvalue weighted by Crippen LogP contribution is 2.33. The molecule has 0 atom stereocenters. The van der Waals surface area contributed by atoms with Gasteiger partial charge in [-0.2, -0.15) is 0 Å². The molecule has 150 valence electrons. The summed E-state index contributed by atoms with van der Waals surface area (Å²) in [4.78, 5) is 4.49. The van der Waals surface area contributed by atoms with E-state index in [4.69, 9.17) is 9.88 Å². The molecule has 1 heterocycles. The Morgan fingerprint density at radius 1 is 1.18 bits per heavy atom. The molecule has 0 aliphatic heterocycles. The molecule has 4 N–H and O–H groups in total. The third-order valence-electron chi connectivity index (χ3n) is 3.55. The predicted molar refractivity (Wildman–Crippen MR) is 116 cm³/mol. The van der Waals surface area contributed by atoms with Crippen molar-refractivity contribution in [3.63, 3.8) is 0 Å². The normalized spacial score (nSPS) is 11.1. The van der Waals surface area contributed by atoms with Crippen LogP contribution >= 0.6 is 28.3 Å². The van der Waals surface area contributed by atoms with Gasteiger partial charge in [0.05, 0.1) is 22.4 Å². The van der Waals surface area contributed by atoms with Gasteiger partial charge in [0.25, 0.3) is 0 Å². The molecule has 0 aliphatic rings. The van der Waals surface area contributed by atoms with Gasteiger partial charge < -0.3 is 15.2 Å². The molecule has 0 unspecified atom stereocenters. The van der Waals surface area contributed by atoms with E-state index in [9.17, 15) is 13.5 Å². The van der Waals surface area contributed by atoms with E-state index in [0.717, 1.165) is 11.3 Å². The Kier molecular flexibility index (Phi) is 7.05. The largest absolute Gasteiger partial charge is 0.508 e. The molecule has 0 fully saturated rings. The van der Waals surface area contributed by atoms with Gasteiger partial charge in [-0.25, -0.2) is 18.5 Å². The van der Waals surface area contributed by atoms with E-state index in [0.29, 0.717) is 16.6 Å². The fourth-order valence-electron chi connectivity index (χ4n) is 2.35. The van der Waals surface area contributed by atoms with E-state index in [-0.39, 0.29) is 33.7 Å². The minimum atomic E-state index is -3.84. The van der Waals surface area contributed by atoms with Gasteiger partial charge in [0.15, 0.2) is 5.13 Å². The maximum atomic E-state index is 11.7. The summed E-state index contributed by atoms with van der Waals surface area (Å²) in [5.74, 6) is 0.682. The van der Waals surface area contributed by atoms with Crippen molar-refractivity contribution >= 4 is 49.2 Å². The van der Waals surface area contributed by atoms with Crippen LogP contribution in [0.3, 0.4) is 0 Å². The molecule has 2 aromatic carbocycles. The number of aromatic nitrogens is 1. The van der Waals surface area contributed by atoms with Crippen molar-refractivity contribution in [3.8, 4) is 22.8 Å². The van der Waals surface area contributed by atoms with Crippen LogP contribution in [0.1, 0.15) is 13.8 Å². The maximum absolute atomic E-state index is 11.7. The molecule has 7 nitrogen and oxygen atoms in total. The third-order valence-corrected chi connectivity index (χ3v) is 5.22. The smallest absolute Gasteiger partial charge is 0.238 e. The van der Waals surface area contributed by atoms with Crippen LogP contribution in [0.5, 0.6) is 11.5 Å². The Morgan fingerprint density at radius 3 is 2.46 bits per heavy atom. The van der Waals surface area contributed by atoms with E-state index < -0.39 is 10.0 Å². The molecule has 0 aliphatic carbocycles. The molecule has 0 bridgehead atoms. The highest BCUT2D eigenvalue weighted by atomic mass is 79.9. The van der Waals surface area contributed by atoms with Crippen molar-refractivity contribution in [2.24, 2.45) is 5.14 Å². The van der Waals surface area contributed by atoms with Gasteiger partial charge in [-0.05, 0) is 56.3 Å². The van der Waals surface area contributed by atoms with Crippen molar-refractivity contribution in [2.75, 3.05) is 5.32 Å². The number of phenols is 1. The zero-order valence-corrected chi connectivity index (χ0v) is 18.5.